The van der Waals surface area contributed by atoms with Gasteiger partial charge in [-0.1, -0.05) is 13.8 Å². The Morgan fingerprint density at radius 2 is 1.48 bits per heavy atom. The van der Waals surface area contributed by atoms with Crippen LogP contribution in [0.4, 0.5) is 0 Å². The van der Waals surface area contributed by atoms with Crippen LogP contribution in [0.25, 0.3) is 0 Å². The molecule has 0 aromatic carbocycles. The van der Waals surface area contributed by atoms with Gasteiger partial charge in [0.2, 0.25) is 5.91 Å². The van der Waals surface area contributed by atoms with Crippen molar-refractivity contribution in [2.24, 2.45) is 23.2 Å². The van der Waals surface area contributed by atoms with Crippen molar-refractivity contribution in [2.45, 2.75) is 65.2 Å². The van der Waals surface area contributed by atoms with E-state index in [2.05, 4.69) is 30.7 Å². The van der Waals surface area contributed by atoms with Gasteiger partial charge in [-0.05, 0) is 88.8 Å². The topological polar surface area (TPSA) is 23.6 Å². The highest BCUT2D eigenvalue weighted by Gasteiger charge is 2.40. The van der Waals surface area contributed by atoms with Crippen molar-refractivity contribution in [1.82, 2.24) is 9.80 Å². The predicted molar refractivity (Wildman–Crippen MR) is 95.3 cm³/mol. The van der Waals surface area contributed by atoms with Crippen LogP contribution in [0.2, 0.25) is 0 Å². The largest absolute Gasteiger partial charge is 0.342 e. The van der Waals surface area contributed by atoms with Crippen LogP contribution in [0.5, 0.6) is 0 Å². The molecule has 1 amide bonds. The zero-order chi connectivity index (χ0) is 16.4. The van der Waals surface area contributed by atoms with Crippen molar-refractivity contribution in [1.29, 1.82) is 0 Å². The Balaban J connectivity index is 1.47. The first-order valence-electron chi connectivity index (χ1n) is 9.96. The van der Waals surface area contributed by atoms with Gasteiger partial charge in [0.15, 0.2) is 0 Å². The van der Waals surface area contributed by atoms with E-state index in [4.69, 9.17) is 0 Å². The van der Waals surface area contributed by atoms with Crippen LogP contribution in [0.3, 0.4) is 0 Å². The number of hydrogen-bond donors (Lipinski definition) is 0. The summed E-state index contributed by atoms with van der Waals surface area (Å²) in [6, 6.07) is 0. The van der Waals surface area contributed by atoms with Gasteiger partial charge in [0.1, 0.15) is 0 Å². The molecule has 1 aliphatic carbocycles. The summed E-state index contributed by atoms with van der Waals surface area (Å²) >= 11 is 0. The monoisotopic (exact) mass is 320 g/mol. The fourth-order valence-corrected chi connectivity index (χ4v) is 5.11. The standard InChI is InChI=1S/C20H36N2O/c1-16(2)17-6-12-22(13-7-17)19(23)18-4-8-20(9-5-18)10-14-21(3)15-11-20/h16-18H,4-15H2,1-3H3. The Morgan fingerprint density at radius 3 is 2.00 bits per heavy atom. The van der Waals surface area contributed by atoms with E-state index in [1.807, 2.05) is 0 Å². The molecule has 3 fully saturated rings. The second-order valence-electron chi connectivity index (χ2n) is 8.98. The molecule has 0 aromatic heterocycles. The third-order valence-corrected chi connectivity index (χ3v) is 7.24. The summed E-state index contributed by atoms with van der Waals surface area (Å²) in [4.78, 5) is 17.5. The van der Waals surface area contributed by atoms with Crippen LogP contribution < -0.4 is 0 Å². The van der Waals surface area contributed by atoms with Crippen molar-refractivity contribution in [3.63, 3.8) is 0 Å². The number of nitrogens with zero attached hydrogens (tertiary/aromatic N) is 2. The summed E-state index contributed by atoms with van der Waals surface area (Å²) in [6.07, 6.45) is 10.0. The van der Waals surface area contributed by atoms with Crippen LogP contribution in [0.15, 0.2) is 0 Å². The first-order chi connectivity index (χ1) is 11.0. The number of amides is 1. The first-order valence-corrected chi connectivity index (χ1v) is 9.96. The van der Waals surface area contributed by atoms with E-state index in [1.165, 1.54) is 51.6 Å². The number of rotatable bonds is 2. The molecule has 2 saturated heterocycles. The van der Waals surface area contributed by atoms with Gasteiger partial charge in [-0.2, -0.15) is 0 Å². The number of carbonyl (C=O) groups excluding carboxylic acids is 1. The zero-order valence-electron chi connectivity index (χ0n) is 15.5. The molecule has 0 bridgehead atoms. The predicted octanol–water partition coefficient (Wildman–Crippen LogP) is 3.78. The lowest BCUT2D eigenvalue weighted by molar-refractivity contribution is -0.139. The van der Waals surface area contributed by atoms with E-state index >= 15 is 0 Å². The molecule has 1 saturated carbocycles. The summed E-state index contributed by atoms with van der Waals surface area (Å²) in [7, 11) is 2.24. The number of piperidine rings is 2. The average molecular weight is 321 g/mol. The minimum absolute atomic E-state index is 0.330. The molecule has 3 aliphatic rings. The molecule has 3 rings (SSSR count). The molecule has 0 N–H and O–H groups in total. The maximum Gasteiger partial charge on any atom is 0.225 e. The van der Waals surface area contributed by atoms with Gasteiger partial charge in [0.25, 0.3) is 0 Å². The van der Waals surface area contributed by atoms with Gasteiger partial charge >= 0.3 is 0 Å². The van der Waals surface area contributed by atoms with E-state index in [0.717, 1.165) is 37.8 Å². The lowest BCUT2D eigenvalue weighted by Gasteiger charge is -2.46. The minimum Gasteiger partial charge on any atom is -0.342 e. The maximum atomic E-state index is 12.9. The van der Waals surface area contributed by atoms with Gasteiger partial charge in [-0.25, -0.2) is 0 Å². The molecule has 0 unspecified atom stereocenters. The Hall–Kier alpha value is -0.570. The Bertz CT molecular complexity index is 394. The molecule has 0 radical (unpaired) electrons. The lowest BCUT2D eigenvalue weighted by atomic mass is 9.65. The summed E-state index contributed by atoms with van der Waals surface area (Å²) in [6.45, 7) is 9.17. The van der Waals surface area contributed by atoms with Crippen LogP contribution in [-0.2, 0) is 4.79 Å². The second kappa shape index (κ2) is 7.13. The number of carbonyl (C=O) groups is 1. The van der Waals surface area contributed by atoms with Gasteiger partial charge in [0.05, 0.1) is 0 Å². The van der Waals surface area contributed by atoms with Crippen LogP contribution in [0, 0.1) is 23.2 Å². The van der Waals surface area contributed by atoms with Crippen molar-refractivity contribution in [3.8, 4) is 0 Å². The van der Waals surface area contributed by atoms with E-state index in [0.29, 0.717) is 17.2 Å². The van der Waals surface area contributed by atoms with E-state index < -0.39 is 0 Å². The third-order valence-electron chi connectivity index (χ3n) is 7.24. The highest BCUT2D eigenvalue weighted by atomic mass is 16.2. The van der Waals surface area contributed by atoms with Gasteiger partial charge in [-0.3, -0.25) is 4.79 Å². The highest BCUT2D eigenvalue weighted by molar-refractivity contribution is 5.79. The number of hydrogen-bond acceptors (Lipinski definition) is 2. The smallest absolute Gasteiger partial charge is 0.225 e. The summed E-state index contributed by atoms with van der Waals surface area (Å²) in [5.41, 5.74) is 0.577. The maximum absolute atomic E-state index is 12.9. The fraction of sp³-hybridized carbons (Fsp3) is 0.950. The van der Waals surface area contributed by atoms with Crippen molar-refractivity contribution < 1.29 is 4.79 Å². The van der Waals surface area contributed by atoms with E-state index in [-0.39, 0.29) is 0 Å². The SMILES string of the molecule is CC(C)C1CCN(C(=O)C2CCC3(CC2)CCN(C)CC3)CC1. The van der Waals surface area contributed by atoms with Crippen molar-refractivity contribution in [3.05, 3.63) is 0 Å². The molecule has 3 heteroatoms. The highest BCUT2D eigenvalue weighted by Crippen LogP contribution is 2.46. The normalized spacial score (nSPS) is 27.7. The fourth-order valence-electron chi connectivity index (χ4n) is 5.11. The van der Waals surface area contributed by atoms with E-state index in [9.17, 15) is 4.79 Å². The molecular formula is C20H36N2O. The molecule has 0 atom stereocenters. The Morgan fingerprint density at radius 1 is 0.913 bits per heavy atom. The Labute approximate surface area is 142 Å². The minimum atomic E-state index is 0.330. The average Bonchev–Trinajstić information content (AvgIpc) is 2.58. The van der Waals surface area contributed by atoms with Crippen LogP contribution in [0.1, 0.15) is 65.2 Å². The third kappa shape index (κ3) is 3.92. The summed E-state index contributed by atoms with van der Waals surface area (Å²) in [5.74, 6) is 2.41. The van der Waals surface area contributed by atoms with Gasteiger partial charge < -0.3 is 9.80 Å². The Kier molecular flexibility index (Phi) is 5.35. The van der Waals surface area contributed by atoms with Gasteiger partial charge in [0, 0.05) is 19.0 Å². The molecule has 2 aliphatic heterocycles. The lowest BCUT2D eigenvalue weighted by Crippen LogP contribution is -2.45. The van der Waals surface area contributed by atoms with Crippen molar-refractivity contribution >= 4 is 5.91 Å². The van der Waals surface area contributed by atoms with Crippen LogP contribution >= 0.6 is 0 Å². The van der Waals surface area contributed by atoms with Crippen molar-refractivity contribution in [2.75, 3.05) is 33.2 Å². The molecule has 1 spiro atoms. The summed E-state index contributed by atoms with van der Waals surface area (Å²) in [5, 5.41) is 0. The first kappa shape index (κ1) is 17.3. The molecule has 2 heterocycles. The number of likely N-dealkylation sites (tertiary alicyclic amines) is 2. The molecular weight excluding hydrogens is 284 g/mol. The van der Waals surface area contributed by atoms with Crippen LogP contribution in [-0.4, -0.2) is 48.9 Å². The van der Waals surface area contributed by atoms with Gasteiger partial charge in [-0.15, -0.1) is 0 Å². The van der Waals surface area contributed by atoms with E-state index in [1.54, 1.807) is 0 Å². The second-order valence-corrected chi connectivity index (χ2v) is 8.98. The zero-order valence-corrected chi connectivity index (χ0v) is 15.5. The molecule has 132 valence electrons. The quantitative estimate of drug-likeness (QED) is 0.773. The molecule has 23 heavy (non-hydrogen) atoms. The molecule has 0 aromatic rings. The molecule has 3 nitrogen and oxygen atoms in total. The summed E-state index contributed by atoms with van der Waals surface area (Å²) < 4.78 is 0.